The fourth-order valence-electron chi connectivity index (χ4n) is 3.23. The number of hydrogen-bond acceptors (Lipinski definition) is 5. The summed E-state index contributed by atoms with van der Waals surface area (Å²) < 4.78 is 0. The smallest absolute Gasteiger partial charge is 0.223 e. The summed E-state index contributed by atoms with van der Waals surface area (Å²) in [5.74, 6) is 0.620. The highest BCUT2D eigenvalue weighted by molar-refractivity contribution is 5.81. The van der Waals surface area contributed by atoms with Gasteiger partial charge in [0, 0.05) is 25.0 Å². The zero-order valence-electron chi connectivity index (χ0n) is 14.3. The first-order chi connectivity index (χ1) is 11.7. The third-order valence-corrected chi connectivity index (χ3v) is 4.55. The van der Waals surface area contributed by atoms with Gasteiger partial charge >= 0.3 is 0 Å². The predicted molar refractivity (Wildman–Crippen MR) is 95.8 cm³/mol. The van der Waals surface area contributed by atoms with Gasteiger partial charge in [-0.05, 0) is 44.4 Å². The van der Waals surface area contributed by atoms with Crippen LogP contribution in [0.4, 0.5) is 5.95 Å². The molecule has 1 saturated carbocycles. The molecule has 1 fully saturated rings. The van der Waals surface area contributed by atoms with E-state index in [-0.39, 0.29) is 0 Å². The van der Waals surface area contributed by atoms with Crippen LogP contribution in [0.1, 0.15) is 43.9 Å². The number of anilines is 1. The van der Waals surface area contributed by atoms with Gasteiger partial charge < -0.3 is 10.2 Å². The Hall–Kier alpha value is -2.61. The standard InChI is InChI=1S/C19H23N5/c1-3-24-11-7-6-10-17(24)16(12-20)18-14(2)13-21-19(23-18)22-15-8-4-5-9-15/h6-7,10-11,13,15H,3-5,8-9H2,1-2H3,(H,21,22,23)/b17-16-. The molecule has 0 atom stereocenters. The maximum absolute atomic E-state index is 9.77. The maximum Gasteiger partial charge on any atom is 0.223 e. The molecule has 5 heteroatoms. The van der Waals surface area contributed by atoms with Gasteiger partial charge in [0.25, 0.3) is 0 Å². The Kier molecular flexibility index (Phi) is 4.95. The van der Waals surface area contributed by atoms with Gasteiger partial charge in [-0.2, -0.15) is 5.26 Å². The third kappa shape index (κ3) is 3.33. The molecule has 1 aliphatic heterocycles. The van der Waals surface area contributed by atoms with E-state index in [0.717, 1.165) is 30.6 Å². The summed E-state index contributed by atoms with van der Waals surface area (Å²) in [7, 11) is 0. The van der Waals surface area contributed by atoms with Crippen LogP contribution in [0.25, 0.3) is 5.57 Å². The Morgan fingerprint density at radius 2 is 2.17 bits per heavy atom. The quantitative estimate of drug-likeness (QED) is 0.855. The fourth-order valence-corrected chi connectivity index (χ4v) is 3.23. The lowest BCUT2D eigenvalue weighted by atomic mass is 10.0. The van der Waals surface area contributed by atoms with Gasteiger partial charge in [0.1, 0.15) is 11.6 Å². The summed E-state index contributed by atoms with van der Waals surface area (Å²) in [6, 6.07) is 2.80. The SMILES string of the molecule is CCN1C=CC=C/C1=C(\C#N)c1nc(NC2CCCC2)ncc1C. The number of nitrogens with zero attached hydrogens (tertiary/aromatic N) is 4. The molecule has 3 rings (SSSR count). The Bertz CT molecular complexity index is 733. The number of allylic oxidation sites excluding steroid dienone is 4. The van der Waals surface area contributed by atoms with Crippen molar-refractivity contribution in [3.05, 3.63) is 47.6 Å². The highest BCUT2D eigenvalue weighted by atomic mass is 15.1. The van der Waals surface area contributed by atoms with E-state index in [0.29, 0.717) is 23.3 Å². The minimum atomic E-state index is 0.448. The fraction of sp³-hybridized carbons (Fsp3) is 0.421. The number of rotatable bonds is 4. The summed E-state index contributed by atoms with van der Waals surface area (Å²) in [6.45, 7) is 4.82. The molecule has 2 heterocycles. The zero-order valence-corrected chi connectivity index (χ0v) is 14.3. The van der Waals surface area contributed by atoms with Crippen molar-refractivity contribution in [2.75, 3.05) is 11.9 Å². The van der Waals surface area contributed by atoms with Crippen molar-refractivity contribution in [1.29, 1.82) is 5.26 Å². The number of likely N-dealkylation sites (N-methyl/N-ethyl adjacent to an activating group) is 1. The van der Waals surface area contributed by atoms with Gasteiger partial charge in [0.2, 0.25) is 5.95 Å². The molecule has 0 saturated heterocycles. The Morgan fingerprint density at radius 3 is 2.88 bits per heavy atom. The lowest BCUT2D eigenvalue weighted by Crippen LogP contribution is -2.19. The minimum absolute atomic E-state index is 0.448. The van der Waals surface area contributed by atoms with Crippen LogP contribution in [-0.2, 0) is 0 Å². The van der Waals surface area contributed by atoms with Gasteiger partial charge in [-0.1, -0.05) is 18.9 Å². The molecule has 0 unspecified atom stereocenters. The van der Waals surface area contributed by atoms with E-state index in [4.69, 9.17) is 0 Å². The van der Waals surface area contributed by atoms with Crippen molar-refractivity contribution >= 4 is 11.5 Å². The van der Waals surface area contributed by atoms with E-state index < -0.39 is 0 Å². The largest absolute Gasteiger partial charge is 0.351 e. The molecular formula is C19H23N5. The summed E-state index contributed by atoms with van der Waals surface area (Å²) >= 11 is 0. The summed E-state index contributed by atoms with van der Waals surface area (Å²) in [6.07, 6.45) is 14.5. The molecule has 124 valence electrons. The van der Waals surface area contributed by atoms with Crippen LogP contribution in [0.3, 0.4) is 0 Å². The zero-order chi connectivity index (χ0) is 16.9. The number of aromatic nitrogens is 2. The van der Waals surface area contributed by atoms with Crippen molar-refractivity contribution in [2.24, 2.45) is 0 Å². The molecule has 24 heavy (non-hydrogen) atoms. The topological polar surface area (TPSA) is 64.8 Å². The number of aryl methyl sites for hydroxylation is 1. The third-order valence-electron chi connectivity index (χ3n) is 4.55. The van der Waals surface area contributed by atoms with Crippen LogP contribution in [0.15, 0.2) is 36.3 Å². The Balaban J connectivity index is 1.98. The molecule has 0 bridgehead atoms. The van der Waals surface area contributed by atoms with Crippen LogP contribution in [-0.4, -0.2) is 27.5 Å². The molecule has 1 aliphatic carbocycles. The second-order valence-electron chi connectivity index (χ2n) is 6.21. The summed E-state index contributed by atoms with van der Waals surface area (Å²) in [4.78, 5) is 11.1. The average molecular weight is 321 g/mol. The molecule has 5 nitrogen and oxygen atoms in total. The molecule has 0 aromatic carbocycles. The molecule has 1 aromatic heterocycles. The van der Waals surface area contributed by atoms with E-state index in [1.54, 1.807) is 6.20 Å². The predicted octanol–water partition coefficient (Wildman–Crippen LogP) is 3.78. The first kappa shape index (κ1) is 16.3. The summed E-state index contributed by atoms with van der Waals surface area (Å²) in [5, 5.41) is 13.2. The lowest BCUT2D eigenvalue weighted by Gasteiger charge is -2.23. The number of nitriles is 1. The van der Waals surface area contributed by atoms with Crippen molar-refractivity contribution in [1.82, 2.24) is 14.9 Å². The van der Waals surface area contributed by atoms with Crippen LogP contribution in [0.5, 0.6) is 0 Å². The van der Waals surface area contributed by atoms with Gasteiger partial charge in [-0.15, -0.1) is 0 Å². The van der Waals surface area contributed by atoms with Crippen LogP contribution in [0.2, 0.25) is 0 Å². The van der Waals surface area contributed by atoms with Crippen molar-refractivity contribution in [3.8, 4) is 6.07 Å². The molecule has 0 radical (unpaired) electrons. The molecule has 1 N–H and O–H groups in total. The second kappa shape index (κ2) is 7.31. The van der Waals surface area contributed by atoms with Crippen molar-refractivity contribution < 1.29 is 0 Å². The first-order valence-electron chi connectivity index (χ1n) is 8.59. The number of hydrogen-bond donors (Lipinski definition) is 1. The Labute approximate surface area is 143 Å². The molecule has 1 aromatic rings. The monoisotopic (exact) mass is 321 g/mol. The van der Waals surface area contributed by atoms with Gasteiger partial charge in [-0.25, -0.2) is 9.97 Å². The van der Waals surface area contributed by atoms with E-state index in [1.165, 1.54) is 12.8 Å². The highest BCUT2D eigenvalue weighted by Gasteiger charge is 2.19. The number of nitrogens with one attached hydrogen (secondary N) is 1. The average Bonchev–Trinajstić information content (AvgIpc) is 3.12. The highest BCUT2D eigenvalue weighted by Crippen LogP contribution is 2.26. The maximum atomic E-state index is 9.77. The van der Waals surface area contributed by atoms with Crippen LogP contribution >= 0.6 is 0 Å². The normalized spacial score (nSPS) is 19.5. The van der Waals surface area contributed by atoms with Crippen LogP contribution < -0.4 is 5.32 Å². The van der Waals surface area contributed by atoms with Crippen molar-refractivity contribution in [3.63, 3.8) is 0 Å². The second-order valence-corrected chi connectivity index (χ2v) is 6.21. The van der Waals surface area contributed by atoms with E-state index in [9.17, 15) is 5.26 Å². The van der Waals surface area contributed by atoms with Gasteiger partial charge in [0.15, 0.2) is 0 Å². The first-order valence-corrected chi connectivity index (χ1v) is 8.59. The van der Waals surface area contributed by atoms with Gasteiger partial charge in [-0.3, -0.25) is 0 Å². The van der Waals surface area contributed by atoms with Gasteiger partial charge in [0.05, 0.1) is 11.4 Å². The summed E-state index contributed by atoms with van der Waals surface area (Å²) in [5.41, 5.74) is 3.10. The minimum Gasteiger partial charge on any atom is -0.351 e. The molecule has 0 amide bonds. The Morgan fingerprint density at radius 1 is 1.38 bits per heavy atom. The molecule has 0 spiro atoms. The lowest BCUT2D eigenvalue weighted by molar-refractivity contribution is 0.505. The molecule has 2 aliphatic rings. The van der Waals surface area contributed by atoms with Crippen LogP contribution in [0, 0.1) is 18.3 Å². The van der Waals surface area contributed by atoms with E-state index in [1.807, 2.05) is 31.4 Å². The molecular weight excluding hydrogens is 298 g/mol. The van der Waals surface area contributed by atoms with Crippen molar-refractivity contribution in [2.45, 2.75) is 45.6 Å². The van der Waals surface area contributed by atoms with E-state index in [2.05, 4.69) is 33.2 Å². The van der Waals surface area contributed by atoms with E-state index >= 15 is 0 Å².